The SMILES string of the molecule is CCCN1CCC(c2cccc(Cl)c2F)CC1.CCN1CCC(c2cccc(C(F)(F)F)c2Cl)CC1.CCN1CCC(c2cccc(Cl)c2F)CC1. The Morgan fingerprint density at radius 1 is 0.558 bits per heavy atom. The molecule has 3 saturated heterocycles. The van der Waals surface area contributed by atoms with E-state index < -0.39 is 11.7 Å². The number of likely N-dealkylation sites (tertiary alicyclic amines) is 3. The lowest BCUT2D eigenvalue weighted by atomic mass is 9.88. The van der Waals surface area contributed by atoms with Crippen molar-refractivity contribution in [1.29, 1.82) is 0 Å². The van der Waals surface area contributed by atoms with E-state index in [-0.39, 0.29) is 32.6 Å². The van der Waals surface area contributed by atoms with Gasteiger partial charge in [-0.15, -0.1) is 0 Å². The molecule has 0 aromatic heterocycles. The van der Waals surface area contributed by atoms with Gasteiger partial charge in [-0.2, -0.15) is 13.2 Å². The fourth-order valence-electron chi connectivity index (χ4n) is 7.66. The van der Waals surface area contributed by atoms with Crippen LogP contribution >= 0.6 is 34.8 Å². The summed E-state index contributed by atoms with van der Waals surface area (Å²) < 4.78 is 66.2. The third-order valence-corrected chi connectivity index (χ3v) is 11.8. The van der Waals surface area contributed by atoms with Crippen molar-refractivity contribution < 1.29 is 22.0 Å². The van der Waals surface area contributed by atoms with E-state index in [9.17, 15) is 22.0 Å². The Morgan fingerprint density at radius 3 is 1.31 bits per heavy atom. The molecule has 0 amide bonds. The summed E-state index contributed by atoms with van der Waals surface area (Å²) in [5.41, 5.74) is 1.52. The molecular weight excluding hydrogens is 736 g/mol. The zero-order valence-electron chi connectivity index (χ0n) is 30.6. The van der Waals surface area contributed by atoms with Crippen LogP contribution < -0.4 is 0 Å². The predicted octanol–water partition coefficient (Wildman–Crippen LogP) is 12.3. The fourth-order valence-corrected chi connectivity index (χ4v) is 8.41. The van der Waals surface area contributed by atoms with Crippen molar-refractivity contribution in [3.63, 3.8) is 0 Å². The van der Waals surface area contributed by atoms with Crippen LogP contribution in [0.1, 0.15) is 106 Å². The largest absolute Gasteiger partial charge is 0.417 e. The van der Waals surface area contributed by atoms with E-state index >= 15 is 0 Å². The van der Waals surface area contributed by atoms with Gasteiger partial charge in [0.2, 0.25) is 0 Å². The van der Waals surface area contributed by atoms with Crippen molar-refractivity contribution in [3.05, 3.63) is 104 Å². The molecule has 288 valence electrons. The monoisotopic (exact) mass is 787 g/mol. The Kier molecular flexibility index (Phi) is 17.0. The molecule has 11 heteroatoms. The second kappa shape index (κ2) is 20.7. The summed E-state index contributed by atoms with van der Waals surface area (Å²) in [6.07, 6.45) is 2.70. The van der Waals surface area contributed by atoms with E-state index in [0.29, 0.717) is 17.4 Å². The molecular formula is C41H53Cl3F5N3. The van der Waals surface area contributed by atoms with Crippen LogP contribution in [0, 0.1) is 11.6 Å². The van der Waals surface area contributed by atoms with Crippen LogP contribution in [-0.2, 0) is 6.18 Å². The first-order chi connectivity index (χ1) is 24.9. The summed E-state index contributed by atoms with van der Waals surface area (Å²) in [7, 11) is 0. The summed E-state index contributed by atoms with van der Waals surface area (Å²) in [5.74, 6) is 0.364. The maximum Gasteiger partial charge on any atom is 0.417 e. The average Bonchev–Trinajstić information content (AvgIpc) is 3.15. The van der Waals surface area contributed by atoms with Crippen molar-refractivity contribution >= 4 is 34.8 Å². The molecule has 0 aliphatic carbocycles. The minimum Gasteiger partial charge on any atom is -0.304 e. The highest BCUT2D eigenvalue weighted by molar-refractivity contribution is 6.32. The first-order valence-corrected chi connectivity index (χ1v) is 19.9. The minimum absolute atomic E-state index is 0.120. The van der Waals surface area contributed by atoms with Crippen LogP contribution in [-0.4, -0.2) is 73.6 Å². The van der Waals surface area contributed by atoms with Gasteiger partial charge in [0.25, 0.3) is 0 Å². The van der Waals surface area contributed by atoms with E-state index in [4.69, 9.17) is 34.8 Å². The summed E-state index contributed by atoms with van der Waals surface area (Å²) >= 11 is 17.6. The number of nitrogens with zero attached hydrogens (tertiary/aromatic N) is 3. The van der Waals surface area contributed by atoms with Crippen LogP contribution in [0.25, 0.3) is 0 Å². The zero-order chi connectivity index (χ0) is 37.8. The second-order valence-electron chi connectivity index (χ2n) is 14.0. The highest BCUT2D eigenvalue weighted by Gasteiger charge is 2.35. The predicted molar refractivity (Wildman–Crippen MR) is 206 cm³/mol. The molecule has 3 aliphatic rings. The molecule has 0 atom stereocenters. The molecule has 3 aromatic rings. The van der Waals surface area contributed by atoms with Gasteiger partial charge in [0.05, 0.1) is 20.6 Å². The smallest absolute Gasteiger partial charge is 0.304 e. The Bertz CT molecular complexity index is 1530. The number of hydrogen-bond donors (Lipinski definition) is 0. The molecule has 0 bridgehead atoms. The third kappa shape index (κ3) is 11.8. The van der Waals surface area contributed by atoms with E-state index in [1.807, 2.05) is 24.3 Å². The standard InChI is InChI=1S/C14H17ClF3N.C14H19ClFN.C13H17ClFN/c1-2-19-8-6-10(7-9-19)11-4-3-5-12(13(11)15)14(16,17)18;1-2-8-17-9-6-11(7-10-17)12-4-3-5-13(15)14(12)16;1-2-16-8-6-10(7-9-16)11-4-3-5-12(14)13(11)15/h3-5,10H,2,6-9H2,1H3;3-5,11H,2,6-10H2,1H3;3-5,10H,2,6-9H2,1H3. The van der Waals surface area contributed by atoms with Gasteiger partial charge in [-0.05, 0) is 156 Å². The van der Waals surface area contributed by atoms with Crippen LogP contribution in [0.2, 0.25) is 15.1 Å². The number of piperidine rings is 3. The molecule has 3 fully saturated rings. The average molecular weight is 789 g/mol. The van der Waals surface area contributed by atoms with Gasteiger partial charge < -0.3 is 14.7 Å². The molecule has 3 aliphatic heterocycles. The topological polar surface area (TPSA) is 9.72 Å². The molecule has 3 heterocycles. The Labute approximate surface area is 322 Å². The van der Waals surface area contributed by atoms with Crippen molar-refractivity contribution in [1.82, 2.24) is 14.7 Å². The van der Waals surface area contributed by atoms with Crippen LogP contribution in [0.3, 0.4) is 0 Å². The first-order valence-electron chi connectivity index (χ1n) is 18.8. The maximum atomic E-state index is 13.9. The highest BCUT2D eigenvalue weighted by Crippen LogP contribution is 2.41. The van der Waals surface area contributed by atoms with E-state index in [1.165, 1.54) is 12.5 Å². The summed E-state index contributed by atoms with van der Waals surface area (Å²) in [6.45, 7) is 15.8. The number of benzene rings is 3. The van der Waals surface area contributed by atoms with Crippen molar-refractivity contribution in [2.24, 2.45) is 0 Å². The number of alkyl halides is 3. The lowest BCUT2D eigenvalue weighted by molar-refractivity contribution is -0.137. The van der Waals surface area contributed by atoms with E-state index in [2.05, 4.69) is 35.5 Å². The van der Waals surface area contributed by atoms with Gasteiger partial charge >= 0.3 is 6.18 Å². The molecule has 52 heavy (non-hydrogen) atoms. The molecule has 0 N–H and O–H groups in total. The van der Waals surface area contributed by atoms with Gasteiger partial charge in [-0.3, -0.25) is 0 Å². The molecule has 0 unspecified atom stereocenters. The molecule has 6 rings (SSSR count). The molecule has 0 spiro atoms. The van der Waals surface area contributed by atoms with Gasteiger partial charge in [-0.25, -0.2) is 8.78 Å². The summed E-state index contributed by atoms with van der Waals surface area (Å²) in [4.78, 5) is 7.16. The normalized spacial score (nSPS) is 18.8. The number of halogens is 8. The van der Waals surface area contributed by atoms with Crippen LogP contribution in [0.5, 0.6) is 0 Å². The molecule has 0 radical (unpaired) electrons. The van der Waals surface area contributed by atoms with Crippen molar-refractivity contribution in [2.75, 3.05) is 58.9 Å². The van der Waals surface area contributed by atoms with Crippen LogP contribution in [0.15, 0.2) is 54.6 Å². The van der Waals surface area contributed by atoms with Crippen molar-refractivity contribution in [3.8, 4) is 0 Å². The summed E-state index contributed by atoms with van der Waals surface area (Å²) in [6, 6.07) is 14.9. The zero-order valence-corrected chi connectivity index (χ0v) is 32.9. The number of rotatable bonds is 7. The lowest BCUT2D eigenvalue weighted by Gasteiger charge is -2.32. The van der Waals surface area contributed by atoms with Gasteiger partial charge in [0, 0.05) is 0 Å². The molecule has 3 nitrogen and oxygen atoms in total. The maximum absolute atomic E-state index is 13.9. The second-order valence-corrected chi connectivity index (χ2v) is 15.2. The van der Waals surface area contributed by atoms with E-state index in [0.717, 1.165) is 115 Å². The fraction of sp³-hybridized carbons (Fsp3) is 0.561. The Balaban J connectivity index is 0.000000175. The first kappa shape index (κ1) is 42.8. The number of hydrogen-bond acceptors (Lipinski definition) is 3. The molecule has 3 aromatic carbocycles. The van der Waals surface area contributed by atoms with Gasteiger partial charge in [-0.1, -0.05) is 92.0 Å². The minimum atomic E-state index is -4.38. The van der Waals surface area contributed by atoms with Crippen LogP contribution in [0.4, 0.5) is 22.0 Å². The van der Waals surface area contributed by atoms with Gasteiger partial charge in [0.15, 0.2) is 0 Å². The van der Waals surface area contributed by atoms with E-state index in [1.54, 1.807) is 18.2 Å². The Hall–Kier alpha value is -1.94. The summed E-state index contributed by atoms with van der Waals surface area (Å²) in [5, 5.41) is 0.374. The Morgan fingerprint density at radius 2 is 0.923 bits per heavy atom. The highest BCUT2D eigenvalue weighted by atomic mass is 35.5. The van der Waals surface area contributed by atoms with Crippen molar-refractivity contribution in [2.45, 2.75) is 89.6 Å². The molecule has 0 saturated carbocycles. The lowest BCUT2D eigenvalue weighted by Crippen LogP contribution is -2.33. The quantitative estimate of drug-likeness (QED) is 0.221. The van der Waals surface area contributed by atoms with Gasteiger partial charge in [0.1, 0.15) is 11.6 Å². The third-order valence-electron chi connectivity index (χ3n) is 10.8.